The summed E-state index contributed by atoms with van der Waals surface area (Å²) in [5.41, 5.74) is -3.08. The average molecular weight is 491 g/mol. The predicted octanol–water partition coefficient (Wildman–Crippen LogP) is 3.83. The van der Waals surface area contributed by atoms with Gasteiger partial charge in [0.15, 0.2) is 6.29 Å². The van der Waals surface area contributed by atoms with Gasteiger partial charge in [-0.05, 0) is 62.7 Å². The average Bonchev–Trinajstić information content (AvgIpc) is 3.34. The van der Waals surface area contributed by atoms with Crippen LogP contribution in [0.1, 0.15) is 66.7 Å². The zero-order chi connectivity index (χ0) is 25.6. The van der Waals surface area contributed by atoms with Crippen LogP contribution in [0, 0.1) is 45.8 Å². The maximum Gasteiger partial charge on any atom is 0.315 e. The zero-order valence-corrected chi connectivity index (χ0v) is 22.0. The molecule has 0 radical (unpaired) electrons. The van der Waals surface area contributed by atoms with Gasteiger partial charge in [0.05, 0.1) is 23.7 Å². The Kier molecular flexibility index (Phi) is 5.88. The molecule has 5 rings (SSSR count). The molecule has 1 saturated heterocycles. The molecule has 196 valence electrons. The lowest BCUT2D eigenvalue weighted by Crippen LogP contribution is -2.64. The third-order valence-corrected chi connectivity index (χ3v) is 10.9. The number of carbonyl (C=O) groups is 2. The van der Waals surface area contributed by atoms with E-state index in [1.807, 2.05) is 20.8 Å². The highest BCUT2D eigenvalue weighted by molar-refractivity contribution is 5.90. The van der Waals surface area contributed by atoms with E-state index in [2.05, 4.69) is 13.0 Å². The summed E-state index contributed by atoms with van der Waals surface area (Å²) in [7, 11) is 1.56. The Hall–Kier alpha value is -1.28. The summed E-state index contributed by atoms with van der Waals surface area (Å²) in [5.74, 6) is -0.00409. The van der Waals surface area contributed by atoms with Crippen LogP contribution in [-0.4, -0.2) is 60.3 Å². The van der Waals surface area contributed by atoms with Crippen LogP contribution in [0.15, 0.2) is 11.6 Å². The number of carboxylic acid groups (broad SMARTS) is 1. The summed E-state index contributed by atoms with van der Waals surface area (Å²) in [6, 6.07) is 0. The van der Waals surface area contributed by atoms with E-state index in [9.17, 15) is 19.8 Å². The van der Waals surface area contributed by atoms with Crippen molar-refractivity contribution in [2.24, 2.45) is 45.8 Å². The molecule has 1 aliphatic heterocycles. The molecular weight excluding hydrogens is 448 g/mol. The Morgan fingerprint density at radius 3 is 2.54 bits per heavy atom. The SMILES string of the molecule is CO[C@@H]1[C@@H](C)O[C@@H](OCC23CC4C(C)CCC4C4(C=O)CC2C=C(C(C)C)C43C(=O)O)C[C@]1(C)O. The molecule has 7 heteroatoms. The minimum atomic E-state index is -1.26. The Morgan fingerprint density at radius 2 is 1.97 bits per heavy atom. The molecule has 7 nitrogen and oxygen atoms in total. The Morgan fingerprint density at radius 1 is 1.26 bits per heavy atom. The number of aliphatic hydroxyl groups is 1. The van der Waals surface area contributed by atoms with Gasteiger partial charge in [0.2, 0.25) is 0 Å². The maximum atomic E-state index is 13.5. The fourth-order valence-electron chi connectivity index (χ4n) is 9.74. The minimum Gasteiger partial charge on any atom is -0.481 e. The third kappa shape index (κ3) is 2.98. The molecule has 4 aliphatic carbocycles. The van der Waals surface area contributed by atoms with Gasteiger partial charge in [-0.15, -0.1) is 0 Å². The number of aliphatic carboxylic acids is 1. The predicted molar refractivity (Wildman–Crippen MR) is 128 cm³/mol. The van der Waals surface area contributed by atoms with Gasteiger partial charge in [-0.1, -0.05) is 38.8 Å². The summed E-state index contributed by atoms with van der Waals surface area (Å²) in [5, 5.41) is 22.1. The quantitative estimate of drug-likeness (QED) is 0.413. The highest BCUT2D eigenvalue weighted by Crippen LogP contribution is 2.82. The van der Waals surface area contributed by atoms with E-state index in [4.69, 9.17) is 14.2 Å². The lowest BCUT2D eigenvalue weighted by Gasteiger charge is -2.58. The van der Waals surface area contributed by atoms with E-state index in [0.717, 1.165) is 31.1 Å². The van der Waals surface area contributed by atoms with Crippen molar-refractivity contribution in [3.8, 4) is 0 Å². The van der Waals surface area contributed by atoms with E-state index in [1.165, 1.54) is 0 Å². The molecule has 4 bridgehead atoms. The highest BCUT2D eigenvalue weighted by atomic mass is 16.7. The summed E-state index contributed by atoms with van der Waals surface area (Å²) in [6.45, 7) is 10.1. The topological polar surface area (TPSA) is 102 Å². The van der Waals surface area contributed by atoms with Crippen LogP contribution in [0.2, 0.25) is 0 Å². The second-order valence-corrected chi connectivity index (χ2v) is 12.8. The number of rotatable bonds is 7. The Labute approximate surface area is 208 Å². The van der Waals surface area contributed by atoms with Crippen LogP contribution in [0.4, 0.5) is 0 Å². The number of fused-ring (bicyclic) bond motifs is 2. The van der Waals surface area contributed by atoms with Gasteiger partial charge in [0.1, 0.15) is 17.8 Å². The molecule has 0 amide bonds. The van der Waals surface area contributed by atoms with Crippen molar-refractivity contribution in [3.05, 3.63) is 11.6 Å². The largest absolute Gasteiger partial charge is 0.481 e. The van der Waals surface area contributed by atoms with Gasteiger partial charge < -0.3 is 29.2 Å². The molecule has 3 saturated carbocycles. The second-order valence-electron chi connectivity index (χ2n) is 12.8. The number of hydrogen-bond donors (Lipinski definition) is 2. The van der Waals surface area contributed by atoms with Crippen molar-refractivity contribution in [2.75, 3.05) is 13.7 Å². The molecule has 5 aliphatic rings. The van der Waals surface area contributed by atoms with Gasteiger partial charge in [-0.25, -0.2) is 0 Å². The second kappa shape index (κ2) is 8.11. The number of aldehydes is 1. The zero-order valence-electron chi connectivity index (χ0n) is 22.0. The van der Waals surface area contributed by atoms with Gasteiger partial charge in [0.25, 0.3) is 0 Å². The van der Waals surface area contributed by atoms with E-state index < -0.39 is 40.2 Å². The molecule has 0 aromatic heterocycles. The molecule has 7 unspecified atom stereocenters. The third-order valence-electron chi connectivity index (χ3n) is 10.9. The van der Waals surface area contributed by atoms with Crippen LogP contribution in [0.5, 0.6) is 0 Å². The van der Waals surface area contributed by atoms with Crippen LogP contribution in [0.25, 0.3) is 0 Å². The molecule has 2 N–H and O–H groups in total. The van der Waals surface area contributed by atoms with Crippen molar-refractivity contribution in [3.63, 3.8) is 0 Å². The standard InChI is InChI=1S/C28H42O7/c1-15(2)21-9-18-10-26(13-29)20-8-7-16(3)19(20)11-27(18,28(21,26)24(30)31)14-34-22-12-25(5,32)23(33-6)17(4)35-22/h9,13,15-20,22-23,32H,7-8,10-12,14H2,1-6H3,(H,30,31)/t16?,17-,18?,19?,20?,22-,23-,25+,26?,27?,28?/m1/s1. The van der Waals surface area contributed by atoms with Crippen molar-refractivity contribution in [1.29, 1.82) is 0 Å². The number of methoxy groups -OCH3 is 1. The molecule has 1 heterocycles. The smallest absolute Gasteiger partial charge is 0.315 e. The summed E-state index contributed by atoms with van der Waals surface area (Å²) in [6.07, 6.45) is 5.22. The minimum absolute atomic E-state index is 0.0211. The van der Waals surface area contributed by atoms with Crippen LogP contribution in [0.3, 0.4) is 0 Å². The normalized spacial score (nSPS) is 52.5. The molecule has 0 aromatic rings. The van der Waals surface area contributed by atoms with Gasteiger partial charge >= 0.3 is 5.97 Å². The lowest BCUT2D eigenvalue weighted by atomic mass is 9.43. The summed E-state index contributed by atoms with van der Waals surface area (Å²) in [4.78, 5) is 26.6. The fourth-order valence-corrected chi connectivity index (χ4v) is 9.74. The summed E-state index contributed by atoms with van der Waals surface area (Å²) < 4.78 is 18.0. The first-order chi connectivity index (χ1) is 16.4. The first kappa shape index (κ1) is 25.4. The molecule has 4 fully saturated rings. The highest BCUT2D eigenvalue weighted by Gasteiger charge is 2.84. The number of allylic oxidation sites excluding steroid dienone is 1. The molecular formula is C28H42O7. The molecule has 35 heavy (non-hydrogen) atoms. The van der Waals surface area contributed by atoms with E-state index in [1.54, 1.807) is 14.0 Å². The van der Waals surface area contributed by atoms with Crippen LogP contribution in [-0.2, 0) is 23.8 Å². The van der Waals surface area contributed by atoms with E-state index >= 15 is 0 Å². The van der Waals surface area contributed by atoms with E-state index in [-0.39, 0.29) is 36.9 Å². The van der Waals surface area contributed by atoms with Gasteiger partial charge in [0, 0.05) is 18.9 Å². The molecule has 0 spiro atoms. The Bertz CT molecular complexity index is 926. The number of carbonyl (C=O) groups excluding carboxylic acids is 1. The van der Waals surface area contributed by atoms with Crippen molar-refractivity contribution in [1.82, 2.24) is 0 Å². The van der Waals surface area contributed by atoms with Crippen molar-refractivity contribution in [2.45, 2.75) is 90.8 Å². The van der Waals surface area contributed by atoms with Crippen LogP contribution >= 0.6 is 0 Å². The molecule has 11 atom stereocenters. The van der Waals surface area contributed by atoms with Crippen LogP contribution < -0.4 is 0 Å². The van der Waals surface area contributed by atoms with Crippen molar-refractivity contribution < 1.29 is 34.0 Å². The maximum absolute atomic E-state index is 13.5. The Balaban J connectivity index is 1.55. The summed E-state index contributed by atoms with van der Waals surface area (Å²) >= 11 is 0. The van der Waals surface area contributed by atoms with Gasteiger partial charge in [-0.2, -0.15) is 0 Å². The number of hydrogen-bond acceptors (Lipinski definition) is 6. The number of carboxylic acids is 1. The van der Waals surface area contributed by atoms with Crippen molar-refractivity contribution >= 4 is 12.3 Å². The fraction of sp³-hybridized carbons (Fsp3) is 0.857. The van der Waals surface area contributed by atoms with E-state index in [0.29, 0.717) is 18.3 Å². The molecule has 0 aromatic carbocycles. The first-order valence-electron chi connectivity index (χ1n) is 13.4. The van der Waals surface area contributed by atoms with Gasteiger partial charge in [-0.3, -0.25) is 4.79 Å². The first-order valence-corrected chi connectivity index (χ1v) is 13.4. The monoisotopic (exact) mass is 490 g/mol. The lowest BCUT2D eigenvalue weighted by molar-refractivity contribution is -0.288. The number of ether oxygens (including phenoxy) is 3.